The number of nitrogens with zero attached hydrogens (tertiary/aromatic N) is 6. The molecule has 0 saturated carbocycles. The number of thiazole rings is 1. The molecule has 0 fully saturated rings. The van der Waals surface area contributed by atoms with Gasteiger partial charge in [0.2, 0.25) is 0 Å². The Labute approximate surface area is 242 Å². The summed E-state index contributed by atoms with van der Waals surface area (Å²) in [4.78, 5) is 25.1. The lowest BCUT2D eigenvalue weighted by Crippen LogP contribution is -2.38. The van der Waals surface area contributed by atoms with E-state index in [2.05, 4.69) is 25.3 Å². The number of nitrogens with one attached hydrogen (secondary N) is 1. The topological polar surface area (TPSA) is 143 Å². The molecule has 2 aromatic carbocycles. The SMILES string of the molecule is [N-]=[N+]=NC[C@H](Cc1ccc(Cl)cc1Cl)NC(=O)c1cnc(-c2ccnc3c2ccn3S(=O)(=O)c2ccccc2)s1. The average molecular weight is 613 g/mol. The van der Waals surface area contributed by atoms with Crippen molar-refractivity contribution in [3.05, 3.63) is 110 Å². The lowest BCUT2D eigenvalue weighted by atomic mass is 10.1. The van der Waals surface area contributed by atoms with E-state index < -0.39 is 22.0 Å². The predicted octanol–water partition coefficient (Wildman–Crippen LogP) is 6.36. The number of hydrogen-bond donors (Lipinski definition) is 1. The Bertz CT molecular complexity index is 1870. The fourth-order valence-electron chi connectivity index (χ4n) is 4.11. The summed E-state index contributed by atoms with van der Waals surface area (Å²) in [7, 11) is -3.86. The van der Waals surface area contributed by atoms with Gasteiger partial charge in [-0.15, -0.1) is 11.3 Å². The van der Waals surface area contributed by atoms with Crippen LogP contribution in [0.25, 0.3) is 32.0 Å². The zero-order chi connectivity index (χ0) is 28.3. The number of amides is 1. The summed E-state index contributed by atoms with van der Waals surface area (Å²) in [5, 5.41) is 8.51. The summed E-state index contributed by atoms with van der Waals surface area (Å²) in [5.74, 6) is -0.401. The lowest BCUT2D eigenvalue weighted by molar-refractivity contribution is 0.0942. The molecule has 10 nitrogen and oxygen atoms in total. The van der Waals surface area contributed by atoms with Crippen LogP contribution in [0.15, 0.2) is 89.3 Å². The largest absolute Gasteiger partial charge is 0.348 e. The van der Waals surface area contributed by atoms with Crippen molar-refractivity contribution in [3.63, 3.8) is 0 Å². The second kappa shape index (κ2) is 11.7. The number of benzene rings is 2. The number of aromatic nitrogens is 3. The van der Waals surface area contributed by atoms with Crippen LogP contribution in [0.4, 0.5) is 0 Å². The van der Waals surface area contributed by atoms with Gasteiger partial charge in [-0.2, -0.15) is 0 Å². The molecule has 0 aliphatic rings. The predicted molar refractivity (Wildman–Crippen MR) is 155 cm³/mol. The van der Waals surface area contributed by atoms with Gasteiger partial charge < -0.3 is 5.32 Å². The molecule has 0 bridgehead atoms. The molecule has 40 heavy (non-hydrogen) atoms. The fourth-order valence-corrected chi connectivity index (χ4v) is 6.78. The molecular weight excluding hydrogens is 593 g/mol. The van der Waals surface area contributed by atoms with Gasteiger partial charge in [-0.3, -0.25) is 4.79 Å². The van der Waals surface area contributed by atoms with Crippen molar-refractivity contribution in [3.8, 4) is 10.6 Å². The van der Waals surface area contributed by atoms with E-state index in [4.69, 9.17) is 28.7 Å². The van der Waals surface area contributed by atoms with Crippen LogP contribution in [-0.2, 0) is 16.4 Å². The van der Waals surface area contributed by atoms with E-state index in [0.29, 0.717) is 37.3 Å². The van der Waals surface area contributed by atoms with E-state index in [-0.39, 0.29) is 17.1 Å². The third kappa shape index (κ3) is 5.67. The summed E-state index contributed by atoms with van der Waals surface area (Å²) < 4.78 is 27.5. The Balaban J connectivity index is 1.41. The van der Waals surface area contributed by atoms with Gasteiger partial charge in [0.15, 0.2) is 5.65 Å². The maximum atomic E-state index is 13.2. The summed E-state index contributed by atoms with van der Waals surface area (Å²) in [5.41, 5.74) is 10.4. The molecule has 0 aliphatic carbocycles. The van der Waals surface area contributed by atoms with E-state index in [1.54, 1.807) is 48.5 Å². The van der Waals surface area contributed by atoms with Gasteiger partial charge in [-0.25, -0.2) is 22.4 Å². The van der Waals surface area contributed by atoms with Gasteiger partial charge in [0.05, 0.1) is 11.1 Å². The molecule has 0 aliphatic heterocycles. The van der Waals surface area contributed by atoms with Gasteiger partial charge in [-0.1, -0.05) is 52.6 Å². The summed E-state index contributed by atoms with van der Waals surface area (Å²) in [6.45, 7) is 0.0151. The van der Waals surface area contributed by atoms with Gasteiger partial charge in [0.1, 0.15) is 9.88 Å². The highest BCUT2D eigenvalue weighted by Gasteiger charge is 2.22. The number of halogens is 2. The van der Waals surface area contributed by atoms with Crippen LogP contribution in [0, 0.1) is 0 Å². The maximum Gasteiger partial charge on any atom is 0.269 e. The van der Waals surface area contributed by atoms with E-state index in [1.165, 1.54) is 30.7 Å². The molecule has 3 heterocycles. The number of fused-ring (bicyclic) bond motifs is 1. The van der Waals surface area contributed by atoms with Crippen LogP contribution >= 0.6 is 34.5 Å². The van der Waals surface area contributed by atoms with Crippen molar-refractivity contribution in [2.75, 3.05) is 6.54 Å². The monoisotopic (exact) mass is 611 g/mol. The van der Waals surface area contributed by atoms with Crippen LogP contribution in [0.1, 0.15) is 15.2 Å². The molecule has 1 amide bonds. The van der Waals surface area contributed by atoms with Crippen molar-refractivity contribution in [2.24, 2.45) is 5.11 Å². The fraction of sp³-hybridized carbons (Fsp3) is 0.115. The number of azide groups is 1. The summed E-state index contributed by atoms with van der Waals surface area (Å²) >= 11 is 13.4. The third-order valence-electron chi connectivity index (χ3n) is 6.00. The molecule has 0 radical (unpaired) electrons. The van der Waals surface area contributed by atoms with Crippen molar-refractivity contribution < 1.29 is 13.2 Å². The molecule has 5 rings (SSSR count). The average Bonchev–Trinajstić information content (AvgIpc) is 3.62. The van der Waals surface area contributed by atoms with E-state index in [0.717, 1.165) is 20.9 Å². The molecule has 14 heteroatoms. The van der Waals surface area contributed by atoms with Gasteiger partial charge in [0.25, 0.3) is 15.9 Å². The first-order valence-electron chi connectivity index (χ1n) is 11.8. The molecule has 0 unspecified atom stereocenters. The van der Waals surface area contributed by atoms with Gasteiger partial charge in [0, 0.05) is 50.9 Å². The zero-order valence-electron chi connectivity index (χ0n) is 20.5. The Kier molecular flexibility index (Phi) is 8.06. The first-order chi connectivity index (χ1) is 19.3. The Morgan fingerprint density at radius 3 is 2.67 bits per heavy atom. The number of carbonyl (C=O) groups is 1. The number of rotatable bonds is 9. The smallest absolute Gasteiger partial charge is 0.269 e. The minimum absolute atomic E-state index is 0.0151. The van der Waals surface area contributed by atoms with Crippen molar-refractivity contribution in [1.82, 2.24) is 19.3 Å². The minimum Gasteiger partial charge on any atom is -0.348 e. The lowest BCUT2D eigenvalue weighted by Gasteiger charge is -2.17. The quantitative estimate of drug-likeness (QED) is 0.117. The van der Waals surface area contributed by atoms with E-state index >= 15 is 0 Å². The number of hydrogen-bond acceptors (Lipinski definition) is 7. The van der Waals surface area contributed by atoms with Gasteiger partial charge >= 0.3 is 0 Å². The second-order valence-electron chi connectivity index (χ2n) is 8.58. The highest BCUT2D eigenvalue weighted by atomic mass is 35.5. The highest BCUT2D eigenvalue weighted by Crippen LogP contribution is 2.33. The minimum atomic E-state index is -3.86. The normalized spacial score (nSPS) is 12.2. The molecule has 0 saturated heterocycles. The molecule has 3 aromatic heterocycles. The molecule has 1 atom stereocenters. The summed E-state index contributed by atoms with van der Waals surface area (Å²) in [6.07, 6.45) is 4.72. The van der Waals surface area contributed by atoms with Crippen LogP contribution in [-0.4, -0.2) is 40.9 Å². The first kappa shape index (κ1) is 27.6. The van der Waals surface area contributed by atoms with Crippen LogP contribution in [0.5, 0.6) is 0 Å². The van der Waals surface area contributed by atoms with Crippen LogP contribution in [0.3, 0.4) is 0 Å². The van der Waals surface area contributed by atoms with Crippen LogP contribution in [0.2, 0.25) is 10.0 Å². The Morgan fingerprint density at radius 1 is 1.12 bits per heavy atom. The first-order valence-corrected chi connectivity index (χ1v) is 14.8. The van der Waals surface area contributed by atoms with Crippen molar-refractivity contribution >= 4 is 61.5 Å². The standard InChI is InChI=1S/C26H19Cl2N7O3S2/c27-17-7-6-16(22(28)13-17)12-18(14-32-34-29)33-25(36)23-15-31-26(39-23)21-8-10-30-24-20(21)9-11-35(24)40(37,38)19-4-2-1-3-5-19/h1-11,13,15,18H,12,14H2,(H,33,36)/t18-/m0/s1. The molecule has 5 aromatic rings. The number of carbonyl (C=O) groups excluding carboxylic acids is 1. The maximum absolute atomic E-state index is 13.2. The van der Waals surface area contributed by atoms with Crippen LogP contribution < -0.4 is 5.32 Å². The third-order valence-corrected chi connectivity index (χ3v) is 9.29. The number of pyridine rings is 1. The van der Waals surface area contributed by atoms with Crippen molar-refractivity contribution in [1.29, 1.82) is 0 Å². The molecular formula is C26H19Cl2N7O3S2. The van der Waals surface area contributed by atoms with Gasteiger partial charge in [-0.05, 0) is 53.9 Å². The summed E-state index contributed by atoms with van der Waals surface area (Å²) in [6, 6.07) is 16.0. The Morgan fingerprint density at radius 2 is 1.93 bits per heavy atom. The highest BCUT2D eigenvalue weighted by molar-refractivity contribution is 7.90. The molecule has 202 valence electrons. The Hall–Kier alpha value is -3.93. The van der Waals surface area contributed by atoms with Crippen molar-refractivity contribution in [2.45, 2.75) is 17.4 Å². The van der Waals surface area contributed by atoms with E-state index in [9.17, 15) is 13.2 Å². The second-order valence-corrected chi connectivity index (χ2v) is 12.3. The zero-order valence-corrected chi connectivity index (χ0v) is 23.6. The van der Waals surface area contributed by atoms with E-state index in [1.807, 2.05) is 0 Å². The molecule has 0 spiro atoms. The molecule has 1 N–H and O–H groups in total.